The van der Waals surface area contributed by atoms with Gasteiger partial charge in [-0.15, -0.1) is 5.10 Å². The molecule has 0 aliphatic heterocycles. The maximum absolute atomic E-state index is 14.3. The third kappa shape index (κ3) is 2.41. The molecule has 6 nitrogen and oxygen atoms in total. The summed E-state index contributed by atoms with van der Waals surface area (Å²) in [4.78, 5) is 12.8. The summed E-state index contributed by atoms with van der Waals surface area (Å²) < 4.78 is 15.6. The molecule has 0 fully saturated rings. The second-order valence-electron chi connectivity index (χ2n) is 5.16. The SMILES string of the molecule is CC(C)=Nc1ccc(-c2c(F)cn3nc(N)ncc23)nc1C. The zero-order valence-electron chi connectivity index (χ0n) is 12.5. The van der Waals surface area contributed by atoms with Crippen molar-refractivity contribution in [3.8, 4) is 11.3 Å². The maximum Gasteiger partial charge on any atom is 0.238 e. The molecule has 0 saturated heterocycles. The normalized spacial score (nSPS) is 10.9. The fourth-order valence-electron chi connectivity index (χ4n) is 2.25. The molecule has 0 atom stereocenters. The lowest BCUT2D eigenvalue weighted by molar-refractivity contribution is 0.628. The highest BCUT2D eigenvalue weighted by atomic mass is 19.1. The van der Waals surface area contributed by atoms with Gasteiger partial charge in [-0.05, 0) is 32.9 Å². The Kier molecular flexibility index (Phi) is 3.32. The molecule has 7 heteroatoms. The lowest BCUT2D eigenvalue weighted by Crippen LogP contribution is -1.99. The molecule has 3 heterocycles. The molecule has 22 heavy (non-hydrogen) atoms. The van der Waals surface area contributed by atoms with Crippen LogP contribution >= 0.6 is 0 Å². The molecule has 112 valence electrons. The number of aliphatic imine (C=N–C) groups is 1. The van der Waals surface area contributed by atoms with Crippen molar-refractivity contribution in [1.82, 2.24) is 19.6 Å². The van der Waals surface area contributed by atoms with E-state index in [4.69, 9.17) is 5.73 Å². The first-order valence-corrected chi connectivity index (χ1v) is 6.75. The monoisotopic (exact) mass is 298 g/mol. The number of halogens is 1. The van der Waals surface area contributed by atoms with E-state index in [0.29, 0.717) is 16.8 Å². The third-order valence-electron chi connectivity index (χ3n) is 3.16. The van der Waals surface area contributed by atoms with Crippen molar-refractivity contribution in [2.75, 3.05) is 5.73 Å². The molecule has 2 N–H and O–H groups in total. The van der Waals surface area contributed by atoms with Crippen LogP contribution < -0.4 is 5.73 Å². The van der Waals surface area contributed by atoms with Gasteiger partial charge >= 0.3 is 0 Å². The highest BCUT2D eigenvalue weighted by Crippen LogP contribution is 2.29. The fraction of sp³-hybridized carbons (Fsp3) is 0.200. The van der Waals surface area contributed by atoms with E-state index in [0.717, 1.165) is 17.1 Å². The van der Waals surface area contributed by atoms with Gasteiger partial charge in [0.15, 0.2) is 5.82 Å². The van der Waals surface area contributed by atoms with Gasteiger partial charge in [0.05, 0.1) is 40.5 Å². The number of rotatable bonds is 2. The minimum absolute atomic E-state index is 0.0845. The van der Waals surface area contributed by atoms with Gasteiger partial charge < -0.3 is 5.73 Å². The topological polar surface area (TPSA) is 81.5 Å². The van der Waals surface area contributed by atoms with E-state index in [-0.39, 0.29) is 5.95 Å². The van der Waals surface area contributed by atoms with Gasteiger partial charge in [0.2, 0.25) is 5.95 Å². The van der Waals surface area contributed by atoms with E-state index in [9.17, 15) is 4.39 Å². The summed E-state index contributed by atoms with van der Waals surface area (Å²) in [6, 6.07) is 3.56. The fourth-order valence-corrected chi connectivity index (χ4v) is 2.25. The number of nitrogens with zero attached hydrogens (tertiary/aromatic N) is 5. The molecule has 0 spiro atoms. The van der Waals surface area contributed by atoms with E-state index >= 15 is 0 Å². The number of aryl methyl sites for hydroxylation is 1. The molecule has 3 aromatic heterocycles. The van der Waals surface area contributed by atoms with E-state index in [1.54, 1.807) is 6.07 Å². The predicted octanol–water partition coefficient (Wildman–Crippen LogP) is 2.93. The number of aromatic nitrogens is 4. The van der Waals surface area contributed by atoms with Crippen molar-refractivity contribution in [3.63, 3.8) is 0 Å². The first-order valence-electron chi connectivity index (χ1n) is 6.75. The molecule has 0 bridgehead atoms. The predicted molar refractivity (Wildman–Crippen MR) is 83.8 cm³/mol. The smallest absolute Gasteiger partial charge is 0.238 e. The Labute approximate surface area is 126 Å². The van der Waals surface area contributed by atoms with Crippen LogP contribution in [0.2, 0.25) is 0 Å². The van der Waals surface area contributed by atoms with E-state index in [1.165, 1.54) is 16.9 Å². The molecule has 0 radical (unpaired) electrons. The van der Waals surface area contributed by atoms with Crippen molar-refractivity contribution in [1.29, 1.82) is 0 Å². The average Bonchev–Trinajstić information content (AvgIpc) is 2.75. The number of hydrogen-bond acceptors (Lipinski definition) is 5. The van der Waals surface area contributed by atoms with E-state index < -0.39 is 5.82 Å². The number of nitrogens with two attached hydrogens (primary N) is 1. The number of hydrogen-bond donors (Lipinski definition) is 1. The maximum atomic E-state index is 14.3. The summed E-state index contributed by atoms with van der Waals surface area (Å²) in [5, 5.41) is 3.96. The van der Waals surface area contributed by atoms with Crippen LogP contribution in [0.4, 0.5) is 16.0 Å². The van der Waals surface area contributed by atoms with Gasteiger partial charge in [0.1, 0.15) is 0 Å². The minimum atomic E-state index is -0.422. The lowest BCUT2D eigenvalue weighted by atomic mass is 10.1. The number of anilines is 1. The van der Waals surface area contributed by atoms with Crippen molar-refractivity contribution < 1.29 is 4.39 Å². The summed E-state index contributed by atoms with van der Waals surface area (Å²) in [5.41, 5.74) is 9.33. The van der Waals surface area contributed by atoms with E-state index in [2.05, 4.69) is 20.1 Å². The van der Waals surface area contributed by atoms with Crippen molar-refractivity contribution >= 4 is 22.9 Å². The van der Waals surface area contributed by atoms with Gasteiger partial charge in [-0.2, -0.15) is 0 Å². The van der Waals surface area contributed by atoms with Gasteiger partial charge in [-0.1, -0.05) is 0 Å². The van der Waals surface area contributed by atoms with E-state index in [1.807, 2.05) is 26.8 Å². The summed E-state index contributed by atoms with van der Waals surface area (Å²) in [6.45, 7) is 5.67. The first-order chi connectivity index (χ1) is 10.5. The van der Waals surface area contributed by atoms with Crippen LogP contribution in [0.15, 0.2) is 29.5 Å². The van der Waals surface area contributed by atoms with Gasteiger partial charge in [-0.3, -0.25) is 9.98 Å². The van der Waals surface area contributed by atoms with Crippen LogP contribution in [0.5, 0.6) is 0 Å². The summed E-state index contributed by atoms with van der Waals surface area (Å²) >= 11 is 0. The zero-order valence-corrected chi connectivity index (χ0v) is 12.5. The quantitative estimate of drug-likeness (QED) is 0.737. The minimum Gasteiger partial charge on any atom is -0.367 e. The lowest BCUT2D eigenvalue weighted by Gasteiger charge is -2.05. The van der Waals surface area contributed by atoms with Crippen LogP contribution in [-0.2, 0) is 0 Å². The molecule has 0 saturated carbocycles. The third-order valence-corrected chi connectivity index (χ3v) is 3.16. The zero-order chi connectivity index (χ0) is 15.9. The number of fused-ring (bicyclic) bond motifs is 1. The highest BCUT2D eigenvalue weighted by molar-refractivity contribution is 5.83. The summed E-state index contributed by atoms with van der Waals surface area (Å²) in [7, 11) is 0. The standard InChI is InChI=1S/C15H15FN6/c1-8(2)19-11-4-5-12(20-9(11)3)14-10(16)7-22-13(14)6-18-15(17)21-22/h4-7H,1-3H3,(H2,17,21). The van der Waals surface area contributed by atoms with Gasteiger partial charge in [-0.25, -0.2) is 13.9 Å². The summed E-state index contributed by atoms with van der Waals surface area (Å²) in [5.74, 6) is -0.337. The van der Waals surface area contributed by atoms with Crippen LogP contribution in [0.1, 0.15) is 19.5 Å². The molecular weight excluding hydrogens is 283 g/mol. The van der Waals surface area contributed by atoms with Gasteiger partial charge in [0, 0.05) is 5.71 Å². The van der Waals surface area contributed by atoms with Crippen molar-refractivity contribution in [2.45, 2.75) is 20.8 Å². The molecule has 3 aromatic rings. The molecule has 3 rings (SSSR count). The Morgan fingerprint density at radius 2 is 2.09 bits per heavy atom. The Morgan fingerprint density at radius 3 is 2.77 bits per heavy atom. The average molecular weight is 298 g/mol. The Hall–Kier alpha value is -2.83. The Balaban J connectivity index is 2.18. The highest BCUT2D eigenvalue weighted by Gasteiger charge is 2.16. The molecule has 0 aromatic carbocycles. The van der Waals surface area contributed by atoms with Crippen molar-refractivity contribution in [2.24, 2.45) is 4.99 Å². The molecule has 0 unspecified atom stereocenters. The second kappa shape index (κ2) is 5.18. The van der Waals surface area contributed by atoms with Crippen LogP contribution in [0.25, 0.3) is 16.8 Å². The number of nitrogen functional groups attached to an aromatic ring is 1. The summed E-state index contributed by atoms with van der Waals surface area (Å²) in [6.07, 6.45) is 2.75. The Morgan fingerprint density at radius 1 is 1.32 bits per heavy atom. The molecule has 0 amide bonds. The van der Waals surface area contributed by atoms with Crippen LogP contribution in [-0.4, -0.2) is 25.3 Å². The van der Waals surface area contributed by atoms with Crippen molar-refractivity contribution in [3.05, 3.63) is 36.0 Å². The van der Waals surface area contributed by atoms with Crippen LogP contribution in [0, 0.1) is 12.7 Å². The molecule has 0 aliphatic rings. The largest absolute Gasteiger partial charge is 0.367 e. The molecular formula is C15H15FN6. The Bertz CT molecular complexity index is 892. The molecule has 0 aliphatic carbocycles. The first kappa shape index (κ1) is 14.1. The van der Waals surface area contributed by atoms with Crippen LogP contribution in [0.3, 0.4) is 0 Å². The number of pyridine rings is 1. The van der Waals surface area contributed by atoms with Gasteiger partial charge in [0.25, 0.3) is 0 Å². The second-order valence-corrected chi connectivity index (χ2v) is 5.16.